The first-order valence-corrected chi connectivity index (χ1v) is 5.23. The maximum Gasteiger partial charge on any atom is 0.337 e. The second-order valence-corrected chi connectivity index (χ2v) is 3.92. The molecule has 1 unspecified atom stereocenters. The first kappa shape index (κ1) is 10.6. The fourth-order valence-corrected chi connectivity index (χ4v) is 1.84. The number of halogens is 1. The summed E-state index contributed by atoms with van der Waals surface area (Å²) in [6.07, 6.45) is 0.909. The summed E-state index contributed by atoms with van der Waals surface area (Å²) in [6.45, 7) is 4.59. The summed E-state index contributed by atoms with van der Waals surface area (Å²) in [5.74, 6) is 0.433. The number of allylic oxidation sites excluding steroid dienone is 1. The lowest BCUT2D eigenvalue weighted by Gasteiger charge is -2.07. The van der Waals surface area contributed by atoms with Gasteiger partial charge < -0.3 is 9.47 Å². The van der Waals surface area contributed by atoms with E-state index in [1.54, 1.807) is 13.8 Å². The van der Waals surface area contributed by atoms with Crippen molar-refractivity contribution >= 4 is 21.9 Å². The molecule has 1 aliphatic heterocycles. The van der Waals surface area contributed by atoms with Crippen molar-refractivity contribution < 1.29 is 14.3 Å². The van der Waals surface area contributed by atoms with Gasteiger partial charge in [0.1, 0.15) is 5.76 Å². The van der Waals surface area contributed by atoms with Gasteiger partial charge in [-0.2, -0.15) is 0 Å². The van der Waals surface area contributed by atoms with Gasteiger partial charge >= 0.3 is 5.97 Å². The Balaban J connectivity index is 2.72. The zero-order chi connectivity index (χ0) is 9.84. The highest BCUT2D eigenvalue weighted by molar-refractivity contribution is 9.09. The van der Waals surface area contributed by atoms with Crippen LogP contribution in [0.3, 0.4) is 0 Å². The van der Waals surface area contributed by atoms with Gasteiger partial charge in [0.2, 0.25) is 0 Å². The number of ether oxygens (including phenoxy) is 2. The van der Waals surface area contributed by atoms with Crippen LogP contribution in [0.15, 0.2) is 11.3 Å². The molecule has 1 aliphatic rings. The minimum Gasteiger partial charge on any atom is -0.496 e. The summed E-state index contributed by atoms with van der Waals surface area (Å²) in [7, 11) is 0. The van der Waals surface area contributed by atoms with Crippen molar-refractivity contribution in [2.45, 2.75) is 25.1 Å². The van der Waals surface area contributed by atoms with Crippen LogP contribution in [0.4, 0.5) is 0 Å². The smallest absolute Gasteiger partial charge is 0.337 e. The third-order valence-corrected chi connectivity index (χ3v) is 2.74. The molecule has 0 aliphatic carbocycles. The van der Waals surface area contributed by atoms with Crippen molar-refractivity contribution in [2.24, 2.45) is 0 Å². The third-order valence-electron chi connectivity index (χ3n) is 1.86. The van der Waals surface area contributed by atoms with E-state index in [2.05, 4.69) is 15.9 Å². The van der Waals surface area contributed by atoms with Gasteiger partial charge in [0.15, 0.2) is 0 Å². The quantitative estimate of drug-likeness (QED) is 0.426. The normalized spacial score (nSPS) is 25.3. The molecule has 4 heteroatoms. The van der Waals surface area contributed by atoms with Crippen LogP contribution in [0, 0.1) is 0 Å². The van der Waals surface area contributed by atoms with Crippen LogP contribution in [0.1, 0.15) is 20.3 Å². The molecule has 74 valence electrons. The van der Waals surface area contributed by atoms with E-state index < -0.39 is 0 Å². The van der Waals surface area contributed by atoms with Crippen molar-refractivity contribution in [3.05, 3.63) is 11.3 Å². The molecule has 0 radical (unpaired) electrons. The Kier molecular flexibility index (Phi) is 3.78. The average molecular weight is 249 g/mol. The van der Waals surface area contributed by atoms with Gasteiger partial charge in [-0.15, -0.1) is 0 Å². The van der Waals surface area contributed by atoms with E-state index in [1.807, 2.05) is 0 Å². The number of carbonyl (C=O) groups is 1. The molecule has 0 spiro atoms. The summed E-state index contributed by atoms with van der Waals surface area (Å²) in [4.78, 5) is 11.5. The molecule has 0 bridgehead atoms. The minimum atomic E-state index is -0.288. The number of esters is 1. The first-order chi connectivity index (χ1) is 6.16. The summed E-state index contributed by atoms with van der Waals surface area (Å²) < 4.78 is 10.2. The van der Waals surface area contributed by atoms with Crippen molar-refractivity contribution in [1.82, 2.24) is 0 Å². The van der Waals surface area contributed by atoms with Crippen LogP contribution in [-0.4, -0.2) is 24.0 Å². The number of hydrogen-bond acceptors (Lipinski definition) is 3. The van der Waals surface area contributed by atoms with Crippen LogP contribution in [0.5, 0.6) is 0 Å². The van der Waals surface area contributed by atoms with Crippen molar-refractivity contribution in [3.63, 3.8) is 0 Å². The van der Waals surface area contributed by atoms with E-state index in [0.717, 1.165) is 12.2 Å². The van der Waals surface area contributed by atoms with Crippen LogP contribution >= 0.6 is 15.9 Å². The zero-order valence-corrected chi connectivity index (χ0v) is 9.39. The summed E-state index contributed by atoms with van der Waals surface area (Å²) in [5, 5.41) is 0. The largest absolute Gasteiger partial charge is 0.496 e. The lowest BCUT2D eigenvalue weighted by molar-refractivity contribution is -0.138. The van der Waals surface area contributed by atoms with Crippen LogP contribution in [0.25, 0.3) is 0 Å². The molecular weight excluding hydrogens is 236 g/mol. The molecule has 1 rings (SSSR count). The standard InChI is InChI=1S/C9H13BrO3/c1-3-12-9(11)6(2)8-7(10)4-5-13-8/h7H,3-5H2,1-2H3/b8-6+. The third kappa shape index (κ3) is 2.46. The number of hydrogen-bond donors (Lipinski definition) is 0. The Morgan fingerprint density at radius 2 is 2.46 bits per heavy atom. The van der Waals surface area contributed by atoms with E-state index in [4.69, 9.17) is 9.47 Å². The highest BCUT2D eigenvalue weighted by Crippen LogP contribution is 2.27. The van der Waals surface area contributed by atoms with Gasteiger partial charge in [-0.1, -0.05) is 15.9 Å². The molecular formula is C9H13BrO3. The molecule has 0 saturated carbocycles. The Bertz CT molecular complexity index is 235. The molecule has 1 heterocycles. The monoisotopic (exact) mass is 248 g/mol. The van der Waals surface area contributed by atoms with Gasteiger partial charge in [-0.25, -0.2) is 4.79 Å². The lowest BCUT2D eigenvalue weighted by atomic mass is 10.2. The maximum absolute atomic E-state index is 11.3. The Labute approximate surface area is 86.2 Å². The molecule has 0 aromatic carbocycles. The Morgan fingerprint density at radius 3 is 2.92 bits per heavy atom. The fraction of sp³-hybridized carbons (Fsp3) is 0.667. The molecule has 1 atom stereocenters. The van der Waals surface area contributed by atoms with Gasteiger partial charge in [-0.3, -0.25) is 0 Å². The second kappa shape index (κ2) is 4.65. The van der Waals surface area contributed by atoms with E-state index in [0.29, 0.717) is 18.8 Å². The number of alkyl halides is 1. The minimum absolute atomic E-state index is 0.164. The van der Waals surface area contributed by atoms with E-state index in [-0.39, 0.29) is 10.8 Å². The topological polar surface area (TPSA) is 35.5 Å². The van der Waals surface area contributed by atoms with E-state index >= 15 is 0 Å². The number of carbonyl (C=O) groups excluding carboxylic acids is 1. The predicted molar refractivity (Wildman–Crippen MR) is 52.6 cm³/mol. The molecule has 0 N–H and O–H groups in total. The predicted octanol–water partition coefficient (Wildman–Crippen LogP) is 2.01. The van der Waals surface area contributed by atoms with Crippen molar-refractivity contribution in [2.75, 3.05) is 13.2 Å². The average Bonchev–Trinajstić information content (AvgIpc) is 2.50. The molecule has 1 saturated heterocycles. The summed E-state index contributed by atoms with van der Waals surface area (Å²) in [6, 6.07) is 0. The second-order valence-electron chi connectivity index (χ2n) is 2.81. The molecule has 13 heavy (non-hydrogen) atoms. The Hall–Kier alpha value is -0.510. The highest BCUT2D eigenvalue weighted by atomic mass is 79.9. The van der Waals surface area contributed by atoms with Crippen molar-refractivity contribution in [1.29, 1.82) is 0 Å². The SMILES string of the molecule is CCOC(=O)/C(C)=C1/OCCC1Br. The highest BCUT2D eigenvalue weighted by Gasteiger charge is 2.25. The van der Waals surface area contributed by atoms with Crippen LogP contribution in [-0.2, 0) is 14.3 Å². The molecule has 1 fully saturated rings. The first-order valence-electron chi connectivity index (χ1n) is 4.31. The maximum atomic E-state index is 11.3. The molecule has 0 aromatic rings. The van der Waals surface area contributed by atoms with Crippen molar-refractivity contribution in [3.8, 4) is 0 Å². The fourth-order valence-electron chi connectivity index (χ4n) is 1.18. The van der Waals surface area contributed by atoms with E-state index in [9.17, 15) is 4.79 Å². The summed E-state index contributed by atoms with van der Waals surface area (Å²) in [5.41, 5.74) is 0.571. The van der Waals surface area contributed by atoms with Gasteiger partial charge in [0.25, 0.3) is 0 Å². The molecule has 3 nitrogen and oxygen atoms in total. The lowest BCUT2D eigenvalue weighted by Crippen LogP contribution is -2.10. The zero-order valence-electron chi connectivity index (χ0n) is 7.80. The van der Waals surface area contributed by atoms with Gasteiger partial charge in [-0.05, 0) is 13.8 Å². The van der Waals surface area contributed by atoms with Crippen LogP contribution < -0.4 is 0 Å². The van der Waals surface area contributed by atoms with Gasteiger partial charge in [0.05, 0.1) is 23.6 Å². The molecule has 0 amide bonds. The van der Waals surface area contributed by atoms with E-state index in [1.165, 1.54) is 0 Å². The Morgan fingerprint density at radius 1 is 1.77 bits per heavy atom. The summed E-state index contributed by atoms with van der Waals surface area (Å²) >= 11 is 3.43. The van der Waals surface area contributed by atoms with Crippen LogP contribution in [0.2, 0.25) is 0 Å². The number of rotatable bonds is 2. The van der Waals surface area contributed by atoms with Gasteiger partial charge in [0, 0.05) is 6.42 Å². The molecule has 0 aromatic heterocycles.